The van der Waals surface area contributed by atoms with E-state index in [2.05, 4.69) is 46.8 Å². The van der Waals surface area contributed by atoms with Crippen LogP contribution in [0.15, 0.2) is 67.1 Å². The summed E-state index contributed by atoms with van der Waals surface area (Å²) in [4.78, 5) is 24.6. The molecule has 4 aromatic heterocycles. The summed E-state index contributed by atoms with van der Waals surface area (Å²) < 4.78 is 1.72. The normalized spacial score (nSPS) is 16.3. The van der Waals surface area contributed by atoms with Gasteiger partial charge in [0.05, 0.1) is 35.0 Å². The Kier molecular flexibility index (Phi) is 8.36. The molecule has 0 atom stereocenters. The minimum Gasteiger partial charge on any atom is -0.351 e. The molecule has 44 heavy (non-hydrogen) atoms. The van der Waals surface area contributed by atoms with Crippen LogP contribution >= 0.6 is 0 Å². The van der Waals surface area contributed by atoms with E-state index in [0.29, 0.717) is 47.3 Å². The lowest BCUT2D eigenvalue weighted by Crippen LogP contribution is -2.45. The Morgan fingerprint density at radius 2 is 1.93 bits per heavy atom. The second kappa shape index (κ2) is 12.8. The monoisotopic (exact) mass is 587 g/mol. The van der Waals surface area contributed by atoms with Crippen LogP contribution in [0.4, 0.5) is 11.8 Å². The van der Waals surface area contributed by atoms with Crippen LogP contribution < -0.4 is 10.2 Å². The summed E-state index contributed by atoms with van der Waals surface area (Å²) in [6.07, 6.45) is 9.40. The quantitative estimate of drug-likeness (QED) is 0.251. The van der Waals surface area contributed by atoms with Gasteiger partial charge in [-0.1, -0.05) is 30.3 Å². The Morgan fingerprint density at radius 1 is 1.11 bits per heavy atom. The Bertz CT molecular complexity index is 1760. The summed E-state index contributed by atoms with van der Waals surface area (Å²) in [6, 6.07) is 17.9. The molecule has 0 bridgehead atoms. The van der Waals surface area contributed by atoms with Crippen LogP contribution in [-0.2, 0) is 18.3 Å². The number of carbonyl (C=O) groups excluding carboxylic acids is 1. The molecule has 1 fully saturated rings. The molecule has 12 heteroatoms. The van der Waals surface area contributed by atoms with Gasteiger partial charge in [-0.3, -0.25) is 19.5 Å². The summed E-state index contributed by atoms with van der Waals surface area (Å²) in [6.45, 7) is 1.88. The van der Waals surface area contributed by atoms with Crippen LogP contribution in [0.25, 0.3) is 22.6 Å². The molecule has 2 N–H and O–H groups in total. The fourth-order valence-electron chi connectivity index (χ4n) is 5.64. The van der Waals surface area contributed by atoms with E-state index in [1.807, 2.05) is 73.6 Å². The molecule has 1 aliphatic rings. The van der Waals surface area contributed by atoms with Crippen LogP contribution in [0.1, 0.15) is 48.9 Å². The lowest BCUT2D eigenvalue weighted by molar-refractivity contribution is -0.119. The number of aromatic nitrogens is 8. The molecule has 1 amide bonds. The van der Waals surface area contributed by atoms with Crippen molar-refractivity contribution >= 4 is 17.7 Å². The van der Waals surface area contributed by atoms with Gasteiger partial charge in [-0.2, -0.15) is 15.5 Å². The van der Waals surface area contributed by atoms with Crippen molar-refractivity contribution in [1.29, 1.82) is 5.26 Å². The van der Waals surface area contributed by atoms with Gasteiger partial charge in [0.15, 0.2) is 5.82 Å². The van der Waals surface area contributed by atoms with Gasteiger partial charge in [-0.15, -0.1) is 10.2 Å². The van der Waals surface area contributed by atoms with Gasteiger partial charge in [0.2, 0.25) is 11.9 Å². The van der Waals surface area contributed by atoms with Crippen molar-refractivity contribution in [3.8, 4) is 28.7 Å². The Hall–Kier alpha value is -5.44. The fourth-order valence-corrected chi connectivity index (χ4v) is 5.64. The largest absolute Gasteiger partial charge is 0.351 e. The summed E-state index contributed by atoms with van der Waals surface area (Å²) >= 11 is 0. The molecule has 222 valence electrons. The van der Waals surface area contributed by atoms with Crippen molar-refractivity contribution < 1.29 is 4.79 Å². The smallest absolute Gasteiger partial charge is 0.228 e. The molecular formula is C32H33N11O. The highest BCUT2D eigenvalue weighted by molar-refractivity contribution is 5.93. The first-order valence-electron chi connectivity index (χ1n) is 14.7. The number of carbonyl (C=O) groups is 1. The Labute approximate surface area is 255 Å². The van der Waals surface area contributed by atoms with Crippen molar-refractivity contribution in [1.82, 2.24) is 40.1 Å². The predicted octanol–water partition coefficient (Wildman–Crippen LogP) is 4.63. The highest BCUT2D eigenvalue weighted by Gasteiger charge is 2.31. The number of nitrogens with zero attached hydrogens (tertiary/aromatic N) is 9. The number of rotatable bonds is 9. The van der Waals surface area contributed by atoms with E-state index in [0.717, 1.165) is 42.5 Å². The third kappa shape index (κ3) is 6.47. The molecule has 0 unspecified atom stereocenters. The van der Waals surface area contributed by atoms with Crippen LogP contribution in [0.5, 0.6) is 0 Å². The zero-order valence-electron chi connectivity index (χ0n) is 24.7. The number of anilines is 2. The minimum atomic E-state index is -0.0136. The molecule has 1 aliphatic carbocycles. The van der Waals surface area contributed by atoms with E-state index in [1.54, 1.807) is 10.9 Å². The van der Waals surface area contributed by atoms with E-state index < -0.39 is 0 Å². The maximum Gasteiger partial charge on any atom is 0.228 e. The third-order valence-electron chi connectivity index (χ3n) is 7.90. The second-order valence-electron chi connectivity index (χ2n) is 11.1. The fraction of sp³-hybridized carbons (Fsp3) is 0.312. The molecule has 0 aliphatic heterocycles. The molecule has 0 saturated heterocycles. The van der Waals surface area contributed by atoms with Crippen molar-refractivity contribution in [2.45, 2.75) is 57.5 Å². The predicted molar refractivity (Wildman–Crippen MR) is 165 cm³/mol. The maximum absolute atomic E-state index is 13.8. The highest BCUT2D eigenvalue weighted by atomic mass is 16.2. The number of amides is 1. The number of aromatic amines is 1. The molecule has 0 radical (unpaired) electrons. The Morgan fingerprint density at radius 3 is 2.59 bits per heavy atom. The minimum absolute atomic E-state index is 0.0136. The zero-order chi connectivity index (χ0) is 30.5. The topological polar surface area (TPSA) is 154 Å². The molecule has 1 aromatic carbocycles. The summed E-state index contributed by atoms with van der Waals surface area (Å²) in [5.74, 6) is 1.05. The highest BCUT2D eigenvalue weighted by Crippen LogP contribution is 2.30. The van der Waals surface area contributed by atoms with Crippen molar-refractivity contribution in [3.63, 3.8) is 0 Å². The molecule has 1 saturated carbocycles. The first-order valence-corrected chi connectivity index (χ1v) is 14.7. The van der Waals surface area contributed by atoms with Gasteiger partial charge < -0.3 is 5.32 Å². The molecule has 4 heterocycles. The van der Waals surface area contributed by atoms with Crippen LogP contribution in [-0.4, -0.2) is 58.1 Å². The standard InChI is InChI=1S/C32H33N11O/c1-21-16-28(40-38-21)31-23(17-33)18-34-32(37-31)36-25-9-11-26(12-10-25)43(30(44)15-8-22-6-4-3-5-7-22)29-14-13-27(39-41-29)24-19-35-42(2)20-24/h3-7,13-14,16,18-20,25-26H,8-12,15H2,1-2H3,(H,38,40)(H,34,36,37)/t25-,26-. The van der Waals surface area contributed by atoms with E-state index in [4.69, 9.17) is 0 Å². The number of aryl methyl sites for hydroxylation is 3. The van der Waals surface area contributed by atoms with Crippen LogP contribution in [0, 0.1) is 18.3 Å². The number of nitrogens with one attached hydrogen (secondary N) is 2. The number of hydrogen-bond donors (Lipinski definition) is 2. The second-order valence-corrected chi connectivity index (χ2v) is 11.1. The van der Waals surface area contributed by atoms with Gasteiger partial charge in [0, 0.05) is 37.3 Å². The molecule has 6 rings (SSSR count). The first kappa shape index (κ1) is 28.7. The number of hydrogen-bond acceptors (Lipinski definition) is 9. The summed E-state index contributed by atoms with van der Waals surface area (Å²) in [5, 5.41) is 33.3. The third-order valence-corrected chi connectivity index (χ3v) is 7.90. The maximum atomic E-state index is 13.8. The number of benzene rings is 1. The molecular weight excluding hydrogens is 554 g/mol. The van der Waals surface area contributed by atoms with Crippen molar-refractivity contribution in [2.75, 3.05) is 10.2 Å². The van der Waals surface area contributed by atoms with Gasteiger partial charge in [-0.05, 0) is 62.8 Å². The van der Waals surface area contributed by atoms with Gasteiger partial charge in [-0.25, -0.2) is 9.97 Å². The van der Waals surface area contributed by atoms with Gasteiger partial charge in [0.25, 0.3) is 0 Å². The molecule has 0 spiro atoms. The SMILES string of the molecule is Cc1cc(-c2nc(N[C@H]3CC[C@H](N(C(=O)CCc4ccccc4)c4ccc(-c5cnn(C)c5)nn4)CC3)ncc2C#N)[nH]n1. The number of H-pyrrole nitrogens is 1. The lowest BCUT2D eigenvalue weighted by Gasteiger charge is -2.36. The average molecular weight is 588 g/mol. The van der Waals surface area contributed by atoms with Gasteiger partial charge >= 0.3 is 0 Å². The molecule has 12 nitrogen and oxygen atoms in total. The molecule has 5 aromatic rings. The average Bonchev–Trinajstić information content (AvgIpc) is 3.70. The van der Waals surface area contributed by atoms with E-state index in [1.165, 1.54) is 6.20 Å². The summed E-state index contributed by atoms with van der Waals surface area (Å²) in [7, 11) is 1.86. The van der Waals surface area contributed by atoms with E-state index in [9.17, 15) is 10.1 Å². The van der Waals surface area contributed by atoms with E-state index >= 15 is 0 Å². The van der Waals surface area contributed by atoms with E-state index in [-0.39, 0.29) is 18.0 Å². The first-order chi connectivity index (χ1) is 21.5. The number of nitriles is 1. The Balaban J connectivity index is 1.17. The van der Waals surface area contributed by atoms with Crippen LogP contribution in [0.3, 0.4) is 0 Å². The lowest BCUT2D eigenvalue weighted by atomic mass is 9.89. The van der Waals surface area contributed by atoms with Crippen molar-refractivity contribution in [2.24, 2.45) is 7.05 Å². The van der Waals surface area contributed by atoms with Crippen molar-refractivity contribution in [3.05, 3.63) is 83.9 Å². The zero-order valence-corrected chi connectivity index (χ0v) is 24.7. The van der Waals surface area contributed by atoms with Crippen LogP contribution in [0.2, 0.25) is 0 Å². The summed E-state index contributed by atoms with van der Waals surface area (Å²) in [5.41, 5.74) is 5.09. The van der Waals surface area contributed by atoms with Gasteiger partial charge in [0.1, 0.15) is 11.8 Å².